The minimum Gasteiger partial charge on any atom is -0.381 e. The van der Waals surface area contributed by atoms with Crippen LogP contribution < -0.4 is 5.48 Å². The zero-order valence-electron chi connectivity index (χ0n) is 15.1. The molecular formula is C20H27BrN2O2. The molecule has 0 aliphatic carbocycles. The normalized spacial score (nSPS) is 19.3. The van der Waals surface area contributed by atoms with Gasteiger partial charge in [-0.25, -0.2) is 0 Å². The molecule has 0 spiro atoms. The fraction of sp³-hybridized carbons (Fsp3) is 0.500. The van der Waals surface area contributed by atoms with E-state index in [4.69, 9.17) is 9.57 Å². The Bertz CT molecular complexity index is 605. The van der Waals surface area contributed by atoms with Crippen LogP contribution in [0.25, 0.3) is 0 Å². The van der Waals surface area contributed by atoms with Gasteiger partial charge in [0.15, 0.2) is 0 Å². The lowest BCUT2D eigenvalue weighted by molar-refractivity contribution is 0.0603. The highest BCUT2D eigenvalue weighted by Gasteiger charge is 2.18. The standard InChI is InChI=1S/C20H27BrN2O2/c1-3-5-7-20(6-4-2)22-25-16-18-12-19(21)15-23(14-18)13-17-8-10-24-11-9-17/h4,6-7,14-15,17,22H,8-13,16H2,1-2H3/b6-4-,20-7+. The van der Waals surface area contributed by atoms with Gasteiger partial charge in [-0.1, -0.05) is 27.9 Å². The summed E-state index contributed by atoms with van der Waals surface area (Å²) in [6.07, 6.45) is 13.2. The van der Waals surface area contributed by atoms with E-state index in [1.807, 2.05) is 32.1 Å². The fourth-order valence-electron chi connectivity index (χ4n) is 2.83. The average Bonchev–Trinajstić information content (AvgIpc) is 2.60. The van der Waals surface area contributed by atoms with Gasteiger partial charge in [0.05, 0.1) is 12.3 Å². The summed E-state index contributed by atoms with van der Waals surface area (Å²) in [6, 6.07) is 0. The lowest BCUT2D eigenvalue weighted by atomic mass is 9.99. The van der Waals surface area contributed by atoms with Gasteiger partial charge in [-0.05, 0) is 44.3 Å². The fourth-order valence-corrected chi connectivity index (χ4v) is 3.46. The molecule has 0 aromatic heterocycles. The van der Waals surface area contributed by atoms with Crippen molar-refractivity contribution in [3.05, 3.63) is 46.4 Å². The minimum absolute atomic E-state index is 0.529. The van der Waals surface area contributed by atoms with Crippen LogP contribution in [0.4, 0.5) is 0 Å². The molecule has 25 heavy (non-hydrogen) atoms. The first-order valence-electron chi connectivity index (χ1n) is 8.73. The van der Waals surface area contributed by atoms with Gasteiger partial charge in [0, 0.05) is 49.1 Å². The summed E-state index contributed by atoms with van der Waals surface area (Å²) in [4.78, 5) is 7.94. The Balaban J connectivity index is 1.86. The molecule has 2 rings (SSSR count). The zero-order chi connectivity index (χ0) is 17.9. The summed E-state index contributed by atoms with van der Waals surface area (Å²) in [5.74, 6) is 6.47. The second-order valence-electron chi connectivity index (χ2n) is 6.18. The highest BCUT2D eigenvalue weighted by molar-refractivity contribution is 9.11. The zero-order valence-corrected chi connectivity index (χ0v) is 16.6. The molecule has 2 aliphatic heterocycles. The number of hydrogen-bond donors (Lipinski definition) is 1. The Kier molecular flexibility index (Phi) is 8.89. The van der Waals surface area contributed by atoms with E-state index in [1.165, 1.54) is 10.1 Å². The van der Waals surface area contributed by atoms with E-state index < -0.39 is 0 Å². The number of hydroxylamine groups is 1. The smallest absolute Gasteiger partial charge is 0.0977 e. The topological polar surface area (TPSA) is 33.7 Å². The van der Waals surface area contributed by atoms with Crippen molar-refractivity contribution in [1.82, 2.24) is 10.4 Å². The van der Waals surface area contributed by atoms with E-state index in [9.17, 15) is 0 Å². The van der Waals surface area contributed by atoms with Crippen molar-refractivity contribution in [2.45, 2.75) is 33.1 Å². The molecule has 0 atom stereocenters. The number of ether oxygens (including phenoxy) is 1. The Labute approximate surface area is 159 Å². The Morgan fingerprint density at radius 1 is 1.44 bits per heavy atom. The molecule has 1 fully saturated rings. The third kappa shape index (κ3) is 7.52. The van der Waals surface area contributed by atoms with E-state index in [2.05, 4.69) is 50.6 Å². The monoisotopic (exact) mass is 406 g/mol. The number of allylic oxidation sites excluding steroid dienone is 4. The first kappa shape index (κ1) is 19.8. The van der Waals surface area contributed by atoms with Crippen molar-refractivity contribution >= 4 is 15.9 Å². The predicted octanol–water partition coefficient (Wildman–Crippen LogP) is 4.24. The molecule has 0 radical (unpaired) electrons. The summed E-state index contributed by atoms with van der Waals surface area (Å²) in [6.45, 7) is 7.11. The van der Waals surface area contributed by atoms with Crippen LogP contribution in [-0.2, 0) is 9.57 Å². The highest BCUT2D eigenvalue weighted by atomic mass is 79.9. The largest absolute Gasteiger partial charge is 0.381 e. The molecule has 136 valence electrons. The van der Waals surface area contributed by atoms with Gasteiger partial charge < -0.3 is 9.64 Å². The lowest BCUT2D eigenvalue weighted by Gasteiger charge is -2.29. The quantitative estimate of drug-likeness (QED) is 0.389. The van der Waals surface area contributed by atoms with Gasteiger partial charge in [0.1, 0.15) is 0 Å². The van der Waals surface area contributed by atoms with Gasteiger partial charge in [0.25, 0.3) is 0 Å². The molecular weight excluding hydrogens is 380 g/mol. The molecule has 0 amide bonds. The maximum atomic E-state index is 5.67. The summed E-state index contributed by atoms with van der Waals surface area (Å²) in [5, 5.41) is 0. The molecule has 2 heterocycles. The Hall–Kier alpha value is -1.48. The maximum Gasteiger partial charge on any atom is 0.0977 e. The molecule has 1 N–H and O–H groups in total. The maximum absolute atomic E-state index is 5.67. The molecule has 0 aromatic rings. The van der Waals surface area contributed by atoms with Crippen LogP contribution in [0.2, 0.25) is 0 Å². The van der Waals surface area contributed by atoms with Crippen LogP contribution in [0, 0.1) is 17.8 Å². The second kappa shape index (κ2) is 11.2. The molecule has 0 bridgehead atoms. The number of hydrogen-bond acceptors (Lipinski definition) is 4. The van der Waals surface area contributed by atoms with Crippen molar-refractivity contribution in [3.63, 3.8) is 0 Å². The Morgan fingerprint density at radius 3 is 2.96 bits per heavy atom. The Morgan fingerprint density at radius 2 is 2.24 bits per heavy atom. The van der Waals surface area contributed by atoms with Crippen LogP contribution in [0.3, 0.4) is 0 Å². The molecule has 0 aromatic carbocycles. The van der Waals surface area contributed by atoms with Gasteiger partial charge in [-0.3, -0.25) is 10.3 Å². The van der Waals surface area contributed by atoms with Crippen LogP contribution in [0.1, 0.15) is 33.1 Å². The molecule has 0 unspecified atom stereocenters. The third-order valence-corrected chi connectivity index (χ3v) is 4.51. The summed E-state index contributed by atoms with van der Waals surface area (Å²) in [7, 11) is 0. The van der Waals surface area contributed by atoms with Gasteiger partial charge in [0.2, 0.25) is 0 Å². The van der Waals surface area contributed by atoms with Gasteiger partial charge in [-0.15, -0.1) is 5.92 Å². The SMILES string of the molecule is CC#C/C=C(\C=C/C)NOCC1=CN(CC2CCOCC2)C=C(Br)C1. The average molecular weight is 407 g/mol. The summed E-state index contributed by atoms with van der Waals surface area (Å²) in [5.41, 5.74) is 5.06. The van der Waals surface area contributed by atoms with Crippen molar-refractivity contribution in [2.24, 2.45) is 5.92 Å². The van der Waals surface area contributed by atoms with Gasteiger partial charge in [-0.2, -0.15) is 0 Å². The van der Waals surface area contributed by atoms with E-state index >= 15 is 0 Å². The molecule has 5 heteroatoms. The molecule has 0 saturated carbocycles. The number of rotatable bonds is 7. The first-order valence-corrected chi connectivity index (χ1v) is 9.52. The van der Waals surface area contributed by atoms with E-state index in [0.29, 0.717) is 12.5 Å². The van der Waals surface area contributed by atoms with Crippen molar-refractivity contribution < 1.29 is 9.57 Å². The van der Waals surface area contributed by atoms with E-state index in [-0.39, 0.29) is 0 Å². The number of nitrogens with one attached hydrogen (secondary N) is 1. The van der Waals surface area contributed by atoms with E-state index in [0.717, 1.165) is 44.7 Å². The minimum atomic E-state index is 0.529. The van der Waals surface area contributed by atoms with Crippen LogP contribution in [0.5, 0.6) is 0 Å². The molecule has 1 saturated heterocycles. The van der Waals surface area contributed by atoms with Crippen molar-refractivity contribution in [2.75, 3.05) is 26.4 Å². The van der Waals surface area contributed by atoms with Crippen LogP contribution >= 0.6 is 15.9 Å². The molecule has 4 nitrogen and oxygen atoms in total. The number of halogens is 1. The van der Waals surface area contributed by atoms with Crippen LogP contribution in [0.15, 0.2) is 46.4 Å². The molecule has 2 aliphatic rings. The lowest BCUT2D eigenvalue weighted by Crippen LogP contribution is -2.28. The number of nitrogens with zero attached hydrogens (tertiary/aromatic N) is 1. The van der Waals surface area contributed by atoms with Crippen molar-refractivity contribution in [1.29, 1.82) is 0 Å². The first-order chi connectivity index (χ1) is 12.2. The predicted molar refractivity (Wildman–Crippen MR) is 105 cm³/mol. The van der Waals surface area contributed by atoms with Gasteiger partial charge >= 0.3 is 0 Å². The highest BCUT2D eigenvalue weighted by Crippen LogP contribution is 2.26. The van der Waals surface area contributed by atoms with Crippen LogP contribution in [-0.4, -0.2) is 31.3 Å². The second-order valence-corrected chi connectivity index (χ2v) is 7.20. The van der Waals surface area contributed by atoms with Crippen molar-refractivity contribution in [3.8, 4) is 11.8 Å². The summed E-state index contributed by atoms with van der Waals surface area (Å²) < 4.78 is 6.63. The summed E-state index contributed by atoms with van der Waals surface area (Å²) >= 11 is 3.65. The third-order valence-electron chi connectivity index (χ3n) is 4.03. The van der Waals surface area contributed by atoms with E-state index in [1.54, 1.807) is 0 Å².